The van der Waals surface area contributed by atoms with Crippen LogP contribution in [-0.2, 0) is 14.1 Å². The van der Waals surface area contributed by atoms with Gasteiger partial charge >= 0.3 is 5.69 Å². The highest BCUT2D eigenvalue weighted by Gasteiger charge is 2.10. The van der Waals surface area contributed by atoms with Gasteiger partial charge in [0.05, 0.1) is 5.56 Å². The first-order chi connectivity index (χ1) is 6.00. The molecule has 13 heavy (non-hydrogen) atoms. The van der Waals surface area contributed by atoms with Gasteiger partial charge in [-0.1, -0.05) is 12.7 Å². The van der Waals surface area contributed by atoms with Crippen LogP contribution < -0.4 is 11.2 Å². The number of aromatic hydroxyl groups is 1. The summed E-state index contributed by atoms with van der Waals surface area (Å²) in [5.74, 6) is -0.358. The molecule has 0 unspecified atom stereocenters. The summed E-state index contributed by atoms with van der Waals surface area (Å²) in [4.78, 5) is 22.5. The molecule has 0 radical (unpaired) electrons. The number of aromatic nitrogens is 2. The van der Waals surface area contributed by atoms with Gasteiger partial charge in [-0.2, -0.15) is 0 Å². The largest absolute Gasteiger partial charge is 0.494 e. The molecule has 0 saturated heterocycles. The van der Waals surface area contributed by atoms with Crippen molar-refractivity contribution in [2.75, 3.05) is 0 Å². The Labute approximate surface area is 74.2 Å². The Morgan fingerprint density at radius 3 is 2.31 bits per heavy atom. The third kappa shape index (κ3) is 1.18. The van der Waals surface area contributed by atoms with Crippen LogP contribution in [0.3, 0.4) is 0 Å². The van der Waals surface area contributed by atoms with Crippen LogP contribution in [0.15, 0.2) is 16.2 Å². The molecule has 1 heterocycles. The fourth-order valence-corrected chi connectivity index (χ4v) is 1.04. The van der Waals surface area contributed by atoms with E-state index in [0.29, 0.717) is 0 Å². The van der Waals surface area contributed by atoms with Gasteiger partial charge in [-0.3, -0.25) is 13.9 Å². The number of nitrogens with zero attached hydrogens (tertiary/aromatic N) is 2. The molecule has 5 nitrogen and oxygen atoms in total. The first-order valence-electron chi connectivity index (χ1n) is 3.62. The predicted octanol–water partition coefficient (Wildman–Crippen LogP) is -0.567. The highest BCUT2D eigenvalue weighted by atomic mass is 16.3. The first kappa shape index (κ1) is 9.31. The molecule has 1 rings (SSSR count). The molecule has 0 atom stereocenters. The summed E-state index contributed by atoms with van der Waals surface area (Å²) in [6.07, 6.45) is 1.22. The van der Waals surface area contributed by atoms with Crippen LogP contribution in [0, 0.1) is 0 Å². The van der Waals surface area contributed by atoms with Gasteiger partial charge in [-0.15, -0.1) is 0 Å². The minimum Gasteiger partial charge on any atom is -0.494 e. The number of hydrogen-bond donors (Lipinski definition) is 1. The SMILES string of the molecule is C=Cc1c(O)n(C)c(=O)n(C)c1=O. The highest BCUT2D eigenvalue weighted by Crippen LogP contribution is 2.08. The summed E-state index contributed by atoms with van der Waals surface area (Å²) in [5.41, 5.74) is -1.08. The fraction of sp³-hybridized carbons (Fsp3) is 0.250. The Hall–Kier alpha value is -1.78. The minimum atomic E-state index is -0.562. The Morgan fingerprint density at radius 2 is 1.85 bits per heavy atom. The van der Waals surface area contributed by atoms with Crippen LogP contribution in [0.4, 0.5) is 0 Å². The van der Waals surface area contributed by atoms with Gasteiger partial charge in [0.2, 0.25) is 5.88 Å². The van der Waals surface area contributed by atoms with Crippen LogP contribution in [-0.4, -0.2) is 14.2 Å². The van der Waals surface area contributed by atoms with E-state index in [1.807, 2.05) is 0 Å². The standard InChI is InChI=1S/C8H10N2O3/c1-4-5-6(11)9(2)8(13)10(3)7(5)12/h4,11H,1H2,2-3H3. The summed E-state index contributed by atoms with van der Waals surface area (Å²) in [6, 6.07) is 0. The molecule has 1 N–H and O–H groups in total. The minimum absolute atomic E-state index is 0.0320. The molecule has 1 aromatic rings. The monoisotopic (exact) mass is 182 g/mol. The van der Waals surface area contributed by atoms with Crippen LogP contribution in [0.2, 0.25) is 0 Å². The maximum Gasteiger partial charge on any atom is 0.333 e. The van der Waals surface area contributed by atoms with Gasteiger partial charge in [0.1, 0.15) is 0 Å². The van der Waals surface area contributed by atoms with Crippen molar-refractivity contribution in [3.05, 3.63) is 33.0 Å². The topological polar surface area (TPSA) is 64.2 Å². The number of hydrogen-bond acceptors (Lipinski definition) is 3. The van der Waals surface area contributed by atoms with E-state index in [1.54, 1.807) is 0 Å². The quantitative estimate of drug-likeness (QED) is 0.632. The van der Waals surface area contributed by atoms with Crippen LogP contribution in [0.25, 0.3) is 6.08 Å². The molecule has 0 fully saturated rings. The second kappa shape index (κ2) is 2.93. The van der Waals surface area contributed by atoms with Gasteiger partial charge in [-0.05, 0) is 0 Å². The molecule has 1 aromatic heterocycles. The maximum atomic E-state index is 11.3. The summed E-state index contributed by atoms with van der Waals surface area (Å²) in [7, 11) is 2.72. The average molecular weight is 182 g/mol. The van der Waals surface area contributed by atoms with Crippen molar-refractivity contribution in [1.29, 1.82) is 0 Å². The van der Waals surface area contributed by atoms with Gasteiger partial charge in [0.15, 0.2) is 0 Å². The maximum absolute atomic E-state index is 11.3. The van der Waals surface area contributed by atoms with Crippen molar-refractivity contribution < 1.29 is 5.11 Å². The Bertz CT molecular complexity index is 468. The van der Waals surface area contributed by atoms with E-state index in [-0.39, 0.29) is 11.4 Å². The van der Waals surface area contributed by atoms with Gasteiger partial charge in [-0.25, -0.2) is 4.79 Å². The third-order valence-corrected chi connectivity index (χ3v) is 1.87. The molecule has 0 aliphatic rings. The Balaban J connectivity index is 3.88. The number of rotatable bonds is 1. The lowest BCUT2D eigenvalue weighted by Gasteiger charge is -2.06. The predicted molar refractivity (Wildman–Crippen MR) is 48.7 cm³/mol. The van der Waals surface area contributed by atoms with E-state index >= 15 is 0 Å². The van der Waals surface area contributed by atoms with Crippen molar-refractivity contribution in [1.82, 2.24) is 9.13 Å². The molecule has 0 aliphatic carbocycles. The zero-order valence-corrected chi connectivity index (χ0v) is 7.44. The first-order valence-corrected chi connectivity index (χ1v) is 3.62. The summed E-state index contributed by atoms with van der Waals surface area (Å²) < 4.78 is 1.90. The zero-order chi connectivity index (χ0) is 10.2. The van der Waals surface area contributed by atoms with E-state index in [9.17, 15) is 14.7 Å². The lowest BCUT2D eigenvalue weighted by molar-refractivity contribution is 0.410. The average Bonchev–Trinajstić information content (AvgIpc) is 2.13. The molecule has 0 aliphatic heterocycles. The van der Waals surface area contributed by atoms with E-state index in [0.717, 1.165) is 9.13 Å². The molecular weight excluding hydrogens is 172 g/mol. The molecule has 0 saturated carbocycles. The van der Waals surface area contributed by atoms with E-state index in [2.05, 4.69) is 6.58 Å². The van der Waals surface area contributed by atoms with Gasteiger partial charge in [0, 0.05) is 14.1 Å². The van der Waals surface area contributed by atoms with Crippen molar-refractivity contribution in [2.24, 2.45) is 14.1 Å². The van der Waals surface area contributed by atoms with E-state index in [4.69, 9.17) is 0 Å². The van der Waals surface area contributed by atoms with E-state index < -0.39 is 11.2 Å². The normalized spacial score (nSPS) is 10.0. The lowest BCUT2D eigenvalue weighted by Crippen LogP contribution is -2.37. The van der Waals surface area contributed by atoms with Crippen molar-refractivity contribution in [3.63, 3.8) is 0 Å². The lowest BCUT2D eigenvalue weighted by atomic mass is 10.3. The fourth-order valence-electron chi connectivity index (χ4n) is 1.04. The van der Waals surface area contributed by atoms with Gasteiger partial charge in [0.25, 0.3) is 5.56 Å². The van der Waals surface area contributed by atoms with Crippen molar-refractivity contribution in [3.8, 4) is 5.88 Å². The molecule has 0 spiro atoms. The van der Waals surface area contributed by atoms with E-state index in [1.165, 1.54) is 20.2 Å². The smallest absolute Gasteiger partial charge is 0.333 e. The highest BCUT2D eigenvalue weighted by molar-refractivity contribution is 5.50. The summed E-state index contributed by atoms with van der Waals surface area (Å²) in [6.45, 7) is 3.38. The molecule has 0 aromatic carbocycles. The molecular formula is C8H10N2O3. The summed E-state index contributed by atoms with van der Waals surface area (Å²) >= 11 is 0. The molecule has 0 bridgehead atoms. The van der Waals surface area contributed by atoms with Gasteiger partial charge < -0.3 is 5.11 Å². The Kier molecular flexibility index (Phi) is 2.10. The second-order valence-electron chi connectivity index (χ2n) is 2.65. The Morgan fingerprint density at radius 1 is 1.31 bits per heavy atom. The second-order valence-corrected chi connectivity index (χ2v) is 2.65. The molecule has 0 amide bonds. The van der Waals surface area contributed by atoms with Crippen LogP contribution in [0.5, 0.6) is 5.88 Å². The third-order valence-electron chi connectivity index (χ3n) is 1.87. The van der Waals surface area contributed by atoms with Crippen molar-refractivity contribution >= 4 is 6.08 Å². The van der Waals surface area contributed by atoms with Crippen LogP contribution >= 0.6 is 0 Å². The summed E-state index contributed by atoms with van der Waals surface area (Å²) in [5, 5.41) is 9.36. The molecule has 5 heteroatoms. The zero-order valence-electron chi connectivity index (χ0n) is 7.44. The van der Waals surface area contributed by atoms with Crippen LogP contribution in [0.1, 0.15) is 5.56 Å². The molecule has 70 valence electrons. The van der Waals surface area contributed by atoms with Crippen molar-refractivity contribution in [2.45, 2.75) is 0 Å².